The highest BCUT2D eigenvalue weighted by atomic mass is 19.1. The van der Waals surface area contributed by atoms with Crippen molar-refractivity contribution in [3.05, 3.63) is 36.3 Å². The number of halogens is 2. The van der Waals surface area contributed by atoms with Crippen LogP contribution in [0.15, 0.2) is 24.7 Å². The van der Waals surface area contributed by atoms with Gasteiger partial charge in [0.2, 0.25) is 0 Å². The summed E-state index contributed by atoms with van der Waals surface area (Å²) in [5.74, 6) is -0.375. The zero-order valence-corrected chi connectivity index (χ0v) is 18.7. The molecule has 11 heteroatoms. The Kier molecular flexibility index (Phi) is 6.52. The minimum absolute atomic E-state index is 0.0435. The van der Waals surface area contributed by atoms with Gasteiger partial charge in [0.25, 0.3) is 0 Å². The average Bonchev–Trinajstić information content (AvgIpc) is 3.27. The number of amides is 2. The zero-order valence-electron chi connectivity index (χ0n) is 18.7. The molecule has 0 radical (unpaired) electrons. The van der Waals surface area contributed by atoms with Crippen molar-refractivity contribution >= 4 is 22.9 Å². The van der Waals surface area contributed by atoms with Crippen LogP contribution in [0, 0.1) is 17.6 Å². The third kappa shape index (κ3) is 4.93. The largest absolute Gasteiger partial charge is 0.378 e. The van der Waals surface area contributed by atoms with Gasteiger partial charge in [0.15, 0.2) is 17.5 Å². The fourth-order valence-electron chi connectivity index (χ4n) is 4.66. The van der Waals surface area contributed by atoms with E-state index in [1.165, 1.54) is 6.07 Å². The molecular weight excluding hydrogens is 444 g/mol. The number of aromatic nitrogens is 4. The highest BCUT2D eigenvalue weighted by Crippen LogP contribution is 2.28. The molecule has 2 amide bonds. The molecule has 5 rings (SSSR count). The van der Waals surface area contributed by atoms with Gasteiger partial charge < -0.3 is 25.3 Å². The molecule has 3 N–H and O–H groups in total. The number of carbonyl (C=O) groups excluding carboxylic acids is 1. The first-order valence-electron chi connectivity index (χ1n) is 11.6. The Hall–Kier alpha value is -3.34. The summed E-state index contributed by atoms with van der Waals surface area (Å²) in [5, 5.41) is 6.79. The van der Waals surface area contributed by atoms with E-state index in [-0.39, 0.29) is 29.6 Å². The van der Waals surface area contributed by atoms with E-state index in [2.05, 4.69) is 30.6 Å². The molecule has 1 saturated carbocycles. The van der Waals surface area contributed by atoms with Gasteiger partial charge in [0.05, 0.1) is 25.6 Å². The molecule has 3 aromatic heterocycles. The number of nitrogens with one attached hydrogen (secondary N) is 3. The van der Waals surface area contributed by atoms with E-state index in [9.17, 15) is 13.6 Å². The molecule has 180 valence electrons. The first-order chi connectivity index (χ1) is 16.6. The number of hydrogen-bond acceptors (Lipinski definition) is 6. The van der Waals surface area contributed by atoms with E-state index in [0.717, 1.165) is 38.1 Å². The van der Waals surface area contributed by atoms with Crippen LogP contribution in [-0.4, -0.2) is 69.8 Å². The third-order valence-corrected chi connectivity index (χ3v) is 6.45. The molecular formula is C23H27F2N7O2. The van der Waals surface area contributed by atoms with Gasteiger partial charge in [0, 0.05) is 42.8 Å². The van der Waals surface area contributed by atoms with E-state index < -0.39 is 11.6 Å². The van der Waals surface area contributed by atoms with Crippen LogP contribution in [0.1, 0.15) is 25.7 Å². The van der Waals surface area contributed by atoms with Gasteiger partial charge >= 0.3 is 6.03 Å². The van der Waals surface area contributed by atoms with Crippen LogP contribution in [0.5, 0.6) is 0 Å². The molecule has 1 aliphatic heterocycles. The number of H-pyrrole nitrogens is 1. The Morgan fingerprint density at radius 1 is 1.21 bits per heavy atom. The lowest BCUT2D eigenvalue weighted by molar-refractivity contribution is 0.0519. The van der Waals surface area contributed by atoms with Crippen LogP contribution >= 0.6 is 0 Å². The number of rotatable bonds is 5. The molecule has 1 aliphatic carbocycles. The Labute approximate surface area is 195 Å². The Morgan fingerprint density at radius 3 is 2.91 bits per heavy atom. The highest BCUT2D eigenvalue weighted by Gasteiger charge is 2.26. The van der Waals surface area contributed by atoms with Crippen molar-refractivity contribution in [3.63, 3.8) is 0 Å². The van der Waals surface area contributed by atoms with E-state index >= 15 is 0 Å². The molecule has 0 spiro atoms. The van der Waals surface area contributed by atoms with Crippen molar-refractivity contribution in [2.75, 3.05) is 38.2 Å². The van der Waals surface area contributed by atoms with Crippen molar-refractivity contribution in [1.82, 2.24) is 30.2 Å². The number of pyridine rings is 1. The third-order valence-electron chi connectivity index (χ3n) is 6.45. The maximum Gasteiger partial charge on any atom is 0.317 e. The standard InChI is InChI=1S/C23H27F2N7O2/c24-15-9-17-18(12-28-20(17)27-11-15)21-29-13-19(25)22(31-21)26-10-14-2-1-3-16(8-14)30-23(33)32-4-6-34-7-5-32/h9,11-14,16H,1-8,10H2,(H,27,28)(H,30,33)(H,26,29,31). The summed E-state index contributed by atoms with van der Waals surface area (Å²) >= 11 is 0. The predicted molar refractivity (Wildman–Crippen MR) is 122 cm³/mol. The van der Waals surface area contributed by atoms with Gasteiger partial charge in [-0.05, 0) is 31.2 Å². The van der Waals surface area contributed by atoms with E-state index in [4.69, 9.17) is 4.74 Å². The van der Waals surface area contributed by atoms with Crippen LogP contribution in [0.2, 0.25) is 0 Å². The van der Waals surface area contributed by atoms with Crippen molar-refractivity contribution < 1.29 is 18.3 Å². The second-order valence-electron chi connectivity index (χ2n) is 8.80. The van der Waals surface area contributed by atoms with Crippen LogP contribution in [0.25, 0.3) is 22.4 Å². The molecule has 0 aromatic carbocycles. The first-order valence-corrected chi connectivity index (χ1v) is 11.6. The van der Waals surface area contributed by atoms with Crippen LogP contribution < -0.4 is 10.6 Å². The molecule has 2 unspecified atom stereocenters. The normalized spacial score (nSPS) is 20.9. The van der Waals surface area contributed by atoms with Crippen molar-refractivity contribution in [2.24, 2.45) is 5.92 Å². The number of carbonyl (C=O) groups is 1. The minimum atomic E-state index is -0.555. The number of anilines is 1. The smallest absolute Gasteiger partial charge is 0.317 e. The Bertz CT molecular complexity index is 1170. The summed E-state index contributed by atoms with van der Waals surface area (Å²) in [7, 11) is 0. The molecule has 0 bridgehead atoms. The number of morpholine rings is 1. The fourth-order valence-corrected chi connectivity index (χ4v) is 4.66. The quantitative estimate of drug-likeness (QED) is 0.527. The van der Waals surface area contributed by atoms with Crippen LogP contribution in [0.4, 0.5) is 19.4 Å². The van der Waals surface area contributed by atoms with Gasteiger partial charge in [-0.2, -0.15) is 0 Å². The molecule has 2 aliphatic rings. The number of urea groups is 1. The Balaban J connectivity index is 1.22. The SMILES string of the molecule is O=C(NC1CCCC(CNc2nc(-c3c[nH]c4ncc(F)cc34)ncc2F)C1)N1CCOCC1. The summed E-state index contributed by atoms with van der Waals surface area (Å²) < 4.78 is 33.4. The molecule has 2 fully saturated rings. The van der Waals surface area contributed by atoms with Crippen molar-refractivity contribution in [3.8, 4) is 11.4 Å². The van der Waals surface area contributed by atoms with Crippen molar-refractivity contribution in [2.45, 2.75) is 31.7 Å². The zero-order chi connectivity index (χ0) is 23.5. The van der Waals surface area contributed by atoms with Gasteiger partial charge in [0.1, 0.15) is 11.5 Å². The summed E-state index contributed by atoms with van der Waals surface area (Å²) in [6.45, 7) is 2.89. The number of aromatic amines is 1. The number of fused-ring (bicyclic) bond motifs is 1. The number of ether oxygens (including phenoxy) is 1. The lowest BCUT2D eigenvalue weighted by Gasteiger charge is -2.33. The second kappa shape index (κ2) is 9.88. The van der Waals surface area contributed by atoms with Crippen molar-refractivity contribution in [1.29, 1.82) is 0 Å². The molecule has 3 aromatic rings. The summed E-state index contributed by atoms with van der Waals surface area (Å²) in [4.78, 5) is 29.7. The predicted octanol–water partition coefficient (Wildman–Crippen LogP) is 3.31. The number of nitrogens with zero attached hydrogens (tertiary/aromatic N) is 4. The average molecular weight is 472 g/mol. The molecule has 1 saturated heterocycles. The highest BCUT2D eigenvalue weighted by molar-refractivity contribution is 5.91. The maximum absolute atomic E-state index is 14.5. The summed E-state index contributed by atoms with van der Waals surface area (Å²) in [6, 6.07) is 1.40. The van der Waals surface area contributed by atoms with Gasteiger partial charge in [-0.3, -0.25) is 0 Å². The minimum Gasteiger partial charge on any atom is -0.378 e. The first kappa shape index (κ1) is 22.5. The lowest BCUT2D eigenvalue weighted by atomic mass is 9.85. The Morgan fingerprint density at radius 2 is 2.06 bits per heavy atom. The maximum atomic E-state index is 14.5. The topological polar surface area (TPSA) is 108 Å². The van der Waals surface area contributed by atoms with E-state index in [1.807, 2.05) is 0 Å². The van der Waals surface area contributed by atoms with E-state index in [1.54, 1.807) is 11.1 Å². The van der Waals surface area contributed by atoms with Gasteiger partial charge in [-0.1, -0.05) is 6.42 Å². The summed E-state index contributed by atoms with van der Waals surface area (Å²) in [5.41, 5.74) is 1.06. The van der Waals surface area contributed by atoms with Crippen LogP contribution in [-0.2, 0) is 4.74 Å². The fraction of sp³-hybridized carbons (Fsp3) is 0.478. The summed E-state index contributed by atoms with van der Waals surface area (Å²) in [6.07, 6.45) is 7.61. The number of hydrogen-bond donors (Lipinski definition) is 3. The van der Waals surface area contributed by atoms with Crippen LogP contribution in [0.3, 0.4) is 0 Å². The van der Waals surface area contributed by atoms with Gasteiger partial charge in [-0.15, -0.1) is 0 Å². The van der Waals surface area contributed by atoms with Gasteiger partial charge in [-0.25, -0.2) is 28.5 Å². The monoisotopic (exact) mass is 471 g/mol. The molecule has 2 atom stereocenters. The molecule has 9 nitrogen and oxygen atoms in total. The second-order valence-corrected chi connectivity index (χ2v) is 8.80. The molecule has 4 heterocycles. The molecule has 34 heavy (non-hydrogen) atoms. The lowest BCUT2D eigenvalue weighted by Crippen LogP contribution is -2.50. The van der Waals surface area contributed by atoms with E-state index in [0.29, 0.717) is 49.4 Å².